The summed E-state index contributed by atoms with van der Waals surface area (Å²) in [4.78, 5) is 20.7. The second-order valence-electron chi connectivity index (χ2n) is 2.46. The van der Waals surface area contributed by atoms with Gasteiger partial charge in [-0.2, -0.15) is 0 Å². The van der Waals surface area contributed by atoms with Crippen LogP contribution in [-0.4, -0.2) is 24.0 Å². The van der Waals surface area contributed by atoms with E-state index in [4.69, 9.17) is 21.4 Å². The summed E-state index contributed by atoms with van der Waals surface area (Å²) in [5.41, 5.74) is 0.273. The molecule has 1 rings (SSSR count). The number of aldehydes is 1. The lowest BCUT2D eigenvalue weighted by molar-refractivity contribution is -0.139. The van der Waals surface area contributed by atoms with Gasteiger partial charge >= 0.3 is 5.97 Å². The molecule has 14 heavy (non-hydrogen) atoms. The average Bonchev–Trinajstić information content (AvgIpc) is 2.16. The minimum absolute atomic E-state index is 0.128. The lowest BCUT2D eigenvalue weighted by Crippen LogP contribution is -2.09. The molecule has 74 valence electrons. The normalized spacial score (nSPS) is 9.50. The largest absolute Gasteiger partial charge is 0.480 e. The minimum Gasteiger partial charge on any atom is -0.480 e. The van der Waals surface area contributed by atoms with Crippen molar-refractivity contribution in [3.8, 4) is 5.75 Å². The maximum absolute atomic E-state index is 10.5. The van der Waals surface area contributed by atoms with Crippen molar-refractivity contribution < 1.29 is 19.4 Å². The van der Waals surface area contributed by atoms with Gasteiger partial charge in [0.15, 0.2) is 12.9 Å². The first kappa shape index (κ1) is 10.5. The standard InChI is InChI=1S/C9H7ClO4/c10-9-6(4-11)2-1-3-7(9)14-5-8(12)13/h1-4H,5H2,(H,12,13). The first-order chi connectivity index (χ1) is 6.65. The summed E-state index contributed by atoms with van der Waals surface area (Å²) in [5.74, 6) is -0.906. The number of carboxylic acid groups (broad SMARTS) is 1. The second-order valence-corrected chi connectivity index (χ2v) is 2.84. The minimum atomic E-state index is -1.10. The Kier molecular flexibility index (Phi) is 3.48. The predicted octanol–water partition coefficient (Wildman–Crippen LogP) is 1.62. The molecule has 4 nitrogen and oxygen atoms in total. The van der Waals surface area contributed by atoms with Crippen LogP contribution >= 0.6 is 11.6 Å². The molecule has 1 N–H and O–H groups in total. The van der Waals surface area contributed by atoms with Gasteiger partial charge in [-0.05, 0) is 12.1 Å². The molecule has 5 heteroatoms. The van der Waals surface area contributed by atoms with Crippen LogP contribution in [0.15, 0.2) is 18.2 Å². The van der Waals surface area contributed by atoms with Gasteiger partial charge < -0.3 is 9.84 Å². The highest BCUT2D eigenvalue weighted by Gasteiger charge is 2.07. The molecule has 0 saturated carbocycles. The number of ether oxygens (including phenoxy) is 1. The molecule has 0 fully saturated rings. The third-order valence-electron chi connectivity index (χ3n) is 1.47. The van der Waals surface area contributed by atoms with Crippen LogP contribution < -0.4 is 4.74 Å². The van der Waals surface area contributed by atoms with Crippen molar-refractivity contribution in [2.45, 2.75) is 0 Å². The Balaban J connectivity index is 2.86. The highest BCUT2D eigenvalue weighted by atomic mass is 35.5. The van der Waals surface area contributed by atoms with Crippen molar-refractivity contribution in [3.63, 3.8) is 0 Å². The molecule has 0 unspecified atom stereocenters. The zero-order valence-corrected chi connectivity index (χ0v) is 7.82. The summed E-state index contributed by atoms with van der Waals surface area (Å²) in [6.07, 6.45) is 0.579. The zero-order valence-electron chi connectivity index (χ0n) is 7.07. The second kappa shape index (κ2) is 4.62. The third-order valence-corrected chi connectivity index (χ3v) is 1.88. The molecule has 0 atom stereocenters. The summed E-state index contributed by atoms with van der Waals surface area (Å²) >= 11 is 5.74. The molecular weight excluding hydrogens is 208 g/mol. The van der Waals surface area contributed by atoms with Crippen LogP contribution in [0.2, 0.25) is 5.02 Å². The number of carbonyl (C=O) groups is 2. The number of carboxylic acids is 1. The molecule has 0 heterocycles. The van der Waals surface area contributed by atoms with E-state index in [1.165, 1.54) is 12.1 Å². The van der Waals surface area contributed by atoms with Crippen molar-refractivity contribution in [2.75, 3.05) is 6.61 Å². The van der Waals surface area contributed by atoms with Gasteiger partial charge in [0.2, 0.25) is 0 Å². The number of halogens is 1. The van der Waals surface area contributed by atoms with Crippen LogP contribution in [0.25, 0.3) is 0 Å². The van der Waals surface area contributed by atoms with Gasteiger partial charge in [0.05, 0.1) is 5.02 Å². The fourth-order valence-electron chi connectivity index (χ4n) is 0.870. The van der Waals surface area contributed by atoms with Crippen LogP contribution in [0, 0.1) is 0 Å². The molecule has 0 radical (unpaired) electrons. The average molecular weight is 215 g/mol. The monoisotopic (exact) mass is 214 g/mol. The number of rotatable bonds is 4. The maximum Gasteiger partial charge on any atom is 0.341 e. The Morgan fingerprint density at radius 2 is 2.29 bits per heavy atom. The van der Waals surface area contributed by atoms with E-state index >= 15 is 0 Å². The summed E-state index contributed by atoms with van der Waals surface area (Å²) in [6, 6.07) is 4.58. The van der Waals surface area contributed by atoms with Crippen LogP contribution in [0.5, 0.6) is 5.75 Å². The van der Waals surface area contributed by atoms with Crippen molar-refractivity contribution in [1.82, 2.24) is 0 Å². The van der Waals surface area contributed by atoms with E-state index < -0.39 is 12.6 Å². The molecule has 0 aliphatic carbocycles. The molecule has 1 aromatic rings. The lowest BCUT2D eigenvalue weighted by Gasteiger charge is -2.05. The molecule has 0 amide bonds. The van der Waals surface area contributed by atoms with Crippen molar-refractivity contribution in [3.05, 3.63) is 28.8 Å². The number of benzene rings is 1. The third kappa shape index (κ3) is 2.47. The Labute approximate surface area is 85.1 Å². The summed E-state index contributed by atoms with van der Waals surface area (Å²) in [6.45, 7) is -0.484. The van der Waals surface area contributed by atoms with Gasteiger partial charge in [0.1, 0.15) is 5.75 Å². The zero-order chi connectivity index (χ0) is 10.6. The fourth-order valence-corrected chi connectivity index (χ4v) is 1.09. The lowest BCUT2D eigenvalue weighted by atomic mass is 10.2. The van der Waals surface area contributed by atoms with Gasteiger partial charge in [-0.15, -0.1) is 0 Å². The van der Waals surface area contributed by atoms with Crippen molar-refractivity contribution >= 4 is 23.9 Å². The Morgan fingerprint density at radius 1 is 1.57 bits per heavy atom. The predicted molar refractivity (Wildman–Crippen MR) is 50.0 cm³/mol. The summed E-state index contributed by atoms with van der Waals surface area (Å²) in [5, 5.41) is 8.48. The number of hydrogen-bond donors (Lipinski definition) is 1. The molecule has 1 aromatic carbocycles. The first-order valence-electron chi connectivity index (χ1n) is 3.73. The fraction of sp³-hybridized carbons (Fsp3) is 0.111. The van der Waals surface area contributed by atoms with Gasteiger partial charge in [0, 0.05) is 5.56 Å². The van der Waals surface area contributed by atoms with Crippen molar-refractivity contribution in [2.24, 2.45) is 0 Å². The van der Waals surface area contributed by atoms with Gasteiger partial charge in [-0.3, -0.25) is 4.79 Å². The van der Waals surface area contributed by atoms with E-state index in [9.17, 15) is 9.59 Å². The van der Waals surface area contributed by atoms with Gasteiger partial charge in [0.25, 0.3) is 0 Å². The Bertz CT molecular complexity index is 362. The molecule has 0 aliphatic heterocycles. The van der Waals surface area contributed by atoms with Crippen LogP contribution in [-0.2, 0) is 4.79 Å². The van der Waals surface area contributed by atoms with E-state index in [-0.39, 0.29) is 16.3 Å². The van der Waals surface area contributed by atoms with Crippen LogP contribution in [0.3, 0.4) is 0 Å². The first-order valence-corrected chi connectivity index (χ1v) is 4.11. The number of hydrogen-bond acceptors (Lipinski definition) is 3. The number of aliphatic carboxylic acids is 1. The maximum atomic E-state index is 10.5. The van der Waals surface area contributed by atoms with E-state index in [1.807, 2.05) is 0 Å². The topological polar surface area (TPSA) is 63.6 Å². The van der Waals surface area contributed by atoms with Crippen LogP contribution in [0.1, 0.15) is 10.4 Å². The van der Waals surface area contributed by atoms with Gasteiger partial charge in [-0.1, -0.05) is 17.7 Å². The highest BCUT2D eigenvalue weighted by molar-refractivity contribution is 6.34. The molecule has 0 saturated heterocycles. The Hall–Kier alpha value is -1.55. The Morgan fingerprint density at radius 3 is 2.86 bits per heavy atom. The van der Waals surface area contributed by atoms with Gasteiger partial charge in [-0.25, -0.2) is 4.79 Å². The van der Waals surface area contributed by atoms with E-state index in [1.54, 1.807) is 6.07 Å². The highest BCUT2D eigenvalue weighted by Crippen LogP contribution is 2.26. The molecule has 0 bridgehead atoms. The molecular formula is C9H7ClO4. The summed E-state index contributed by atoms with van der Waals surface area (Å²) < 4.78 is 4.85. The molecule has 0 spiro atoms. The molecule has 0 aromatic heterocycles. The van der Waals surface area contributed by atoms with E-state index in [2.05, 4.69) is 0 Å². The van der Waals surface area contributed by atoms with Crippen molar-refractivity contribution in [1.29, 1.82) is 0 Å². The van der Waals surface area contributed by atoms with E-state index in [0.29, 0.717) is 6.29 Å². The van der Waals surface area contributed by atoms with Crippen LogP contribution in [0.4, 0.5) is 0 Å². The SMILES string of the molecule is O=Cc1cccc(OCC(=O)O)c1Cl. The molecule has 0 aliphatic rings. The quantitative estimate of drug-likeness (QED) is 0.774. The summed E-state index contributed by atoms with van der Waals surface area (Å²) in [7, 11) is 0. The smallest absolute Gasteiger partial charge is 0.341 e. The van der Waals surface area contributed by atoms with E-state index in [0.717, 1.165) is 0 Å². The number of carbonyl (C=O) groups excluding carboxylic acids is 1.